The fourth-order valence-electron chi connectivity index (χ4n) is 3.69. The average Bonchev–Trinajstić information content (AvgIpc) is 3.43. The Labute approximate surface area is 186 Å². The molecule has 2 N–H and O–H groups in total. The first-order valence-corrected chi connectivity index (χ1v) is 9.72. The molecule has 0 spiro atoms. The van der Waals surface area contributed by atoms with E-state index >= 15 is 0 Å². The molecule has 3 aromatic carbocycles. The van der Waals surface area contributed by atoms with Crippen LogP contribution in [-0.2, 0) is 0 Å². The summed E-state index contributed by atoms with van der Waals surface area (Å²) in [6.07, 6.45) is 2.01. The molecule has 0 aliphatic heterocycles. The van der Waals surface area contributed by atoms with E-state index in [0.717, 1.165) is 56.3 Å². The maximum atomic E-state index is 5.44. The second-order valence-electron chi connectivity index (χ2n) is 7.02. The number of aromatic amines is 2. The molecule has 0 bridgehead atoms. The largest absolute Gasteiger partial charge is 0.497 e. The minimum absolute atomic E-state index is 0. The van der Waals surface area contributed by atoms with Crippen LogP contribution in [0.1, 0.15) is 0 Å². The van der Waals surface area contributed by atoms with Crippen molar-refractivity contribution in [1.82, 2.24) is 15.0 Å². The number of aromatic nitrogens is 3. The van der Waals surface area contributed by atoms with Gasteiger partial charge in [0.15, 0.2) is 0 Å². The first-order chi connectivity index (χ1) is 14.8. The Morgan fingerprint density at radius 1 is 0.774 bits per heavy atom. The van der Waals surface area contributed by atoms with Gasteiger partial charge in [-0.3, -0.25) is 0 Å². The third-order valence-corrected chi connectivity index (χ3v) is 5.27. The SMILES string of the molecule is COc1ccc(-c2nc(-c3ccccc3)[nH]c2-c2c[nH]c3ccc(OC)cc23)cc1.Cl. The van der Waals surface area contributed by atoms with Crippen LogP contribution in [0, 0.1) is 0 Å². The molecule has 31 heavy (non-hydrogen) atoms. The standard InChI is InChI=1S/C25H21N3O2.ClH/c1-29-18-10-8-16(9-11-18)23-24(28-25(27-23)17-6-4-3-5-7-17)21-15-26-22-13-12-19(30-2)14-20(21)22;/h3-15,26H,1-2H3,(H,27,28);1H. The van der Waals surface area contributed by atoms with Gasteiger partial charge in [-0.15, -0.1) is 12.4 Å². The molecule has 5 nitrogen and oxygen atoms in total. The zero-order valence-electron chi connectivity index (χ0n) is 17.2. The Bertz CT molecular complexity index is 1310. The molecule has 0 saturated heterocycles. The van der Waals surface area contributed by atoms with E-state index in [2.05, 4.69) is 22.1 Å². The van der Waals surface area contributed by atoms with Crippen molar-refractivity contribution < 1.29 is 9.47 Å². The minimum atomic E-state index is 0. The summed E-state index contributed by atoms with van der Waals surface area (Å²) in [5.41, 5.74) is 5.99. The zero-order valence-corrected chi connectivity index (χ0v) is 18.0. The van der Waals surface area contributed by atoms with Gasteiger partial charge in [0.05, 0.1) is 25.6 Å². The molecule has 5 aromatic rings. The number of nitrogens with zero attached hydrogens (tertiary/aromatic N) is 1. The number of methoxy groups -OCH3 is 2. The summed E-state index contributed by atoms with van der Waals surface area (Å²) >= 11 is 0. The lowest BCUT2D eigenvalue weighted by molar-refractivity contribution is 0.415. The van der Waals surface area contributed by atoms with E-state index in [-0.39, 0.29) is 12.4 Å². The van der Waals surface area contributed by atoms with Crippen LogP contribution in [0.4, 0.5) is 0 Å². The molecule has 0 saturated carbocycles. The van der Waals surface area contributed by atoms with Crippen LogP contribution >= 0.6 is 12.4 Å². The van der Waals surface area contributed by atoms with Crippen LogP contribution < -0.4 is 9.47 Å². The van der Waals surface area contributed by atoms with Gasteiger partial charge in [-0.25, -0.2) is 4.98 Å². The van der Waals surface area contributed by atoms with E-state index in [1.54, 1.807) is 14.2 Å². The zero-order chi connectivity index (χ0) is 20.5. The van der Waals surface area contributed by atoms with Gasteiger partial charge in [0, 0.05) is 33.8 Å². The number of imidazole rings is 1. The highest BCUT2D eigenvalue weighted by atomic mass is 35.5. The molecule has 156 valence electrons. The third kappa shape index (κ3) is 3.76. The van der Waals surface area contributed by atoms with Crippen LogP contribution in [0.2, 0.25) is 0 Å². The number of ether oxygens (including phenoxy) is 2. The van der Waals surface area contributed by atoms with Gasteiger partial charge in [0.2, 0.25) is 0 Å². The van der Waals surface area contributed by atoms with Crippen molar-refractivity contribution in [3.8, 4) is 45.4 Å². The molecule has 2 heterocycles. The predicted octanol–water partition coefficient (Wildman–Crippen LogP) is 6.33. The molecule has 0 aliphatic carbocycles. The van der Waals surface area contributed by atoms with E-state index in [1.165, 1.54) is 0 Å². The van der Waals surface area contributed by atoms with Crippen molar-refractivity contribution in [1.29, 1.82) is 0 Å². The second-order valence-corrected chi connectivity index (χ2v) is 7.02. The Morgan fingerprint density at radius 3 is 2.19 bits per heavy atom. The first kappa shape index (κ1) is 20.6. The van der Waals surface area contributed by atoms with E-state index in [1.807, 2.05) is 66.9 Å². The van der Waals surface area contributed by atoms with Gasteiger partial charge < -0.3 is 19.4 Å². The van der Waals surface area contributed by atoms with Gasteiger partial charge in [-0.05, 0) is 42.5 Å². The molecule has 0 amide bonds. The van der Waals surface area contributed by atoms with Crippen LogP contribution in [0.15, 0.2) is 79.0 Å². The Balaban J connectivity index is 0.00000231. The lowest BCUT2D eigenvalue weighted by atomic mass is 10.0. The molecular weight excluding hydrogens is 410 g/mol. The van der Waals surface area contributed by atoms with Crippen molar-refractivity contribution >= 4 is 23.3 Å². The molecule has 5 rings (SSSR count). The Morgan fingerprint density at radius 2 is 1.48 bits per heavy atom. The summed E-state index contributed by atoms with van der Waals surface area (Å²) < 4.78 is 10.8. The Kier molecular flexibility index (Phi) is 5.69. The van der Waals surface area contributed by atoms with Crippen LogP contribution in [-0.4, -0.2) is 29.2 Å². The van der Waals surface area contributed by atoms with Crippen molar-refractivity contribution in [2.24, 2.45) is 0 Å². The maximum Gasteiger partial charge on any atom is 0.138 e. The van der Waals surface area contributed by atoms with Gasteiger partial charge >= 0.3 is 0 Å². The fourth-order valence-corrected chi connectivity index (χ4v) is 3.69. The number of nitrogens with one attached hydrogen (secondary N) is 2. The molecule has 2 aromatic heterocycles. The number of fused-ring (bicyclic) bond motifs is 1. The molecule has 0 atom stereocenters. The molecule has 0 radical (unpaired) electrons. The predicted molar refractivity (Wildman–Crippen MR) is 127 cm³/mol. The molecule has 0 unspecified atom stereocenters. The van der Waals surface area contributed by atoms with Gasteiger partial charge in [-0.1, -0.05) is 30.3 Å². The number of H-pyrrole nitrogens is 2. The maximum absolute atomic E-state index is 5.44. The van der Waals surface area contributed by atoms with E-state index in [4.69, 9.17) is 14.5 Å². The number of hydrogen-bond donors (Lipinski definition) is 2. The summed E-state index contributed by atoms with van der Waals surface area (Å²) in [6, 6.07) is 24.1. The summed E-state index contributed by atoms with van der Waals surface area (Å²) in [7, 11) is 3.35. The molecule has 0 fully saturated rings. The van der Waals surface area contributed by atoms with Crippen molar-refractivity contribution in [3.63, 3.8) is 0 Å². The summed E-state index contributed by atoms with van der Waals surface area (Å²) in [4.78, 5) is 11.9. The first-order valence-electron chi connectivity index (χ1n) is 9.72. The number of hydrogen-bond acceptors (Lipinski definition) is 3. The van der Waals surface area contributed by atoms with Crippen molar-refractivity contribution in [2.45, 2.75) is 0 Å². The molecule has 6 heteroatoms. The molecular formula is C25H22ClN3O2. The van der Waals surface area contributed by atoms with Crippen molar-refractivity contribution in [2.75, 3.05) is 14.2 Å². The lowest BCUT2D eigenvalue weighted by Crippen LogP contribution is -1.86. The highest BCUT2D eigenvalue weighted by Gasteiger charge is 2.18. The number of halogens is 1. The summed E-state index contributed by atoms with van der Waals surface area (Å²) in [5.74, 6) is 2.46. The van der Waals surface area contributed by atoms with Crippen LogP contribution in [0.3, 0.4) is 0 Å². The number of benzene rings is 3. The van der Waals surface area contributed by atoms with Crippen LogP contribution in [0.5, 0.6) is 11.5 Å². The van der Waals surface area contributed by atoms with Crippen molar-refractivity contribution in [3.05, 3.63) is 79.0 Å². The second kappa shape index (κ2) is 8.58. The normalized spacial score (nSPS) is 10.6. The van der Waals surface area contributed by atoms with E-state index in [0.29, 0.717) is 0 Å². The average molecular weight is 432 g/mol. The highest BCUT2D eigenvalue weighted by Crippen LogP contribution is 2.38. The fraction of sp³-hybridized carbons (Fsp3) is 0.0800. The van der Waals surface area contributed by atoms with Gasteiger partial charge in [0.25, 0.3) is 0 Å². The summed E-state index contributed by atoms with van der Waals surface area (Å²) in [5, 5.41) is 1.08. The van der Waals surface area contributed by atoms with Gasteiger partial charge in [0.1, 0.15) is 17.3 Å². The monoisotopic (exact) mass is 431 g/mol. The van der Waals surface area contributed by atoms with E-state index in [9.17, 15) is 0 Å². The summed E-state index contributed by atoms with van der Waals surface area (Å²) in [6.45, 7) is 0. The topological polar surface area (TPSA) is 62.9 Å². The van der Waals surface area contributed by atoms with E-state index < -0.39 is 0 Å². The third-order valence-electron chi connectivity index (χ3n) is 5.27. The van der Waals surface area contributed by atoms with Gasteiger partial charge in [-0.2, -0.15) is 0 Å². The highest BCUT2D eigenvalue weighted by molar-refractivity contribution is 5.99. The lowest BCUT2D eigenvalue weighted by Gasteiger charge is -2.05. The molecule has 0 aliphatic rings. The van der Waals surface area contributed by atoms with Crippen LogP contribution in [0.25, 0.3) is 44.8 Å². The smallest absolute Gasteiger partial charge is 0.138 e. The number of rotatable bonds is 5. The Hall–Kier alpha value is -3.70. The minimum Gasteiger partial charge on any atom is -0.497 e. The quantitative estimate of drug-likeness (QED) is 0.341.